The Labute approximate surface area is 119 Å². The molecule has 19 heavy (non-hydrogen) atoms. The number of carbonyl (C=O) groups excluding carboxylic acids is 1. The minimum atomic E-state index is -0.208. The van der Waals surface area contributed by atoms with Gasteiger partial charge in [-0.3, -0.25) is 4.79 Å². The molecule has 0 aliphatic carbocycles. The maximum Gasteiger partial charge on any atom is 0.231 e. The van der Waals surface area contributed by atoms with Crippen molar-refractivity contribution in [1.29, 1.82) is 0 Å². The van der Waals surface area contributed by atoms with E-state index >= 15 is 0 Å². The highest BCUT2D eigenvalue weighted by atomic mass is 32.2. The van der Waals surface area contributed by atoms with Crippen molar-refractivity contribution in [3.63, 3.8) is 0 Å². The molecule has 1 atom stereocenters. The van der Waals surface area contributed by atoms with Crippen LogP contribution in [0.4, 0.5) is 0 Å². The van der Waals surface area contributed by atoms with Gasteiger partial charge in [-0.25, -0.2) is 0 Å². The van der Waals surface area contributed by atoms with Gasteiger partial charge in [-0.1, -0.05) is 30.3 Å². The fraction of sp³-hybridized carbons (Fsp3) is 0.533. The predicted molar refractivity (Wildman–Crippen MR) is 81.4 cm³/mol. The molecule has 1 aromatic carbocycles. The Morgan fingerprint density at radius 2 is 2.11 bits per heavy atom. The average Bonchev–Trinajstić information content (AvgIpc) is 2.39. The zero-order valence-electron chi connectivity index (χ0n) is 11.6. The standard InChI is InChI=1S/C15H22N2OS/c1-15(2)11-17(8-9-19-15)14(18)13(10-16)12-6-4-3-5-7-12/h3-7,13H,8-11,16H2,1-2H3. The average molecular weight is 278 g/mol. The second-order valence-electron chi connectivity index (χ2n) is 5.57. The number of nitrogens with two attached hydrogens (primary N) is 1. The lowest BCUT2D eigenvalue weighted by Gasteiger charge is -2.39. The third kappa shape index (κ3) is 3.51. The van der Waals surface area contributed by atoms with Crippen molar-refractivity contribution in [2.75, 3.05) is 25.4 Å². The first-order valence-corrected chi connectivity index (χ1v) is 7.70. The summed E-state index contributed by atoms with van der Waals surface area (Å²) in [7, 11) is 0. The summed E-state index contributed by atoms with van der Waals surface area (Å²) in [5, 5.41) is 0. The Bertz CT molecular complexity index is 433. The Hall–Kier alpha value is -1.00. The zero-order valence-corrected chi connectivity index (χ0v) is 12.5. The maximum absolute atomic E-state index is 12.7. The van der Waals surface area contributed by atoms with E-state index < -0.39 is 0 Å². The van der Waals surface area contributed by atoms with E-state index in [-0.39, 0.29) is 16.6 Å². The normalized spacial score (nSPS) is 20.1. The molecule has 4 heteroatoms. The first-order chi connectivity index (χ1) is 9.03. The molecular weight excluding hydrogens is 256 g/mol. The molecule has 0 spiro atoms. The monoisotopic (exact) mass is 278 g/mol. The lowest BCUT2D eigenvalue weighted by Crippen LogP contribution is -2.48. The minimum Gasteiger partial charge on any atom is -0.340 e. The second-order valence-corrected chi connectivity index (χ2v) is 7.37. The summed E-state index contributed by atoms with van der Waals surface area (Å²) in [6.07, 6.45) is 0. The molecule has 1 fully saturated rings. The molecule has 2 N–H and O–H groups in total. The molecule has 1 saturated heterocycles. The van der Waals surface area contributed by atoms with Crippen molar-refractivity contribution in [2.45, 2.75) is 24.5 Å². The van der Waals surface area contributed by atoms with Gasteiger partial charge in [-0.15, -0.1) is 0 Å². The van der Waals surface area contributed by atoms with Gasteiger partial charge in [-0.05, 0) is 19.4 Å². The number of rotatable bonds is 3. The van der Waals surface area contributed by atoms with E-state index in [9.17, 15) is 4.79 Å². The lowest BCUT2D eigenvalue weighted by molar-refractivity contribution is -0.132. The van der Waals surface area contributed by atoms with Crippen molar-refractivity contribution in [2.24, 2.45) is 5.73 Å². The van der Waals surface area contributed by atoms with Gasteiger partial charge in [0, 0.05) is 30.1 Å². The van der Waals surface area contributed by atoms with Crippen LogP contribution in [0.2, 0.25) is 0 Å². The van der Waals surface area contributed by atoms with Crippen LogP contribution in [-0.4, -0.2) is 40.9 Å². The molecular formula is C15H22N2OS. The Balaban J connectivity index is 2.13. The summed E-state index contributed by atoms with van der Waals surface area (Å²) in [6.45, 7) is 6.39. The maximum atomic E-state index is 12.7. The Morgan fingerprint density at radius 1 is 1.42 bits per heavy atom. The molecule has 0 aromatic heterocycles. The highest BCUT2D eigenvalue weighted by Gasteiger charge is 2.32. The molecule has 2 rings (SSSR count). The van der Waals surface area contributed by atoms with Gasteiger partial charge < -0.3 is 10.6 Å². The van der Waals surface area contributed by atoms with Crippen LogP contribution in [0, 0.1) is 0 Å². The number of hydrogen-bond acceptors (Lipinski definition) is 3. The molecule has 104 valence electrons. The van der Waals surface area contributed by atoms with Gasteiger partial charge in [0.2, 0.25) is 5.91 Å². The number of amides is 1. The van der Waals surface area contributed by atoms with E-state index in [1.807, 2.05) is 47.0 Å². The topological polar surface area (TPSA) is 46.3 Å². The smallest absolute Gasteiger partial charge is 0.231 e. The summed E-state index contributed by atoms with van der Waals surface area (Å²) in [5.41, 5.74) is 6.85. The van der Waals surface area contributed by atoms with Crippen LogP contribution in [0.1, 0.15) is 25.3 Å². The SMILES string of the molecule is CC1(C)CN(C(=O)C(CN)c2ccccc2)CCS1. The van der Waals surface area contributed by atoms with E-state index in [2.05, 4.69) is 13.8 Å². The van der Waals surface area contributed by atoms with Crippen LogP contribution in [0.25, 0.3) is 0 Å². The van der Waals surface area contributed by atoms with Crippen LogP contribution < -0.4 is 5.73 Å². The number of carbonyl (C=O) groups is 1. The highest BCUT2D eigenvalue weighted by molar-refractivity contribution is 8.00. The van der Waals surface area contributed by atoms with Crippen LogP contribution >= 0.6 is 11.8 Å². The van der Waals surface area contributed by atoms with Crippen LogP contribution in [-0.2, 0) is 4.79 Å². The van der Waals surface area contributed by atoms with Gasteiger partial charge in [0.15, 0.2) is 0 Å². The van der Waals surface area contributed by atoms with Gasteiger partial charge in [-0.2, -0.15) is 11.8 Å². The summed E-state index contributed by atoms with van der Waals surface area (Å²) in [4.78, 5) is 14.6. The molecule has 1 aliphatic heterocycles. The summed E-state index contributed by atoms with van der Waals surface area (Å²) in [6, 6.07) is 9.85. The first-order valence-electron chi connectivity index (χ1n) is 6.71. The fourth-order valence-corrected chi connectivity index (χ4v) is 3.60. The number of hydrogen-bond donors (Lipinski definition) is 1. The van der Waals surface area contributed by atoms with E-state index in [1.54, 1.807) is 0 Å². The van der Waals surface area contributed by atoms with Gasteiger partial charge >= 0.3 is 0 Å². The minimum absolute atomic E-state index is 0.143. The molecule has 1 unspecified atom stereocenters. The van der Waals surface area contributed by atoms with E-state index in [4.69, 9.17) is 5.73 Å². The van der Waals surface area contributed by atoms with Crippen molar-refractivity contribution in [1.82, 2.24) is 4.90 Å². The van der Waals surface area contributed by atoms with E-state index in [1.165, 1.54) is 0 Å². The van der Waals surface area contributed by atoms with Crippen molar-refractivity contribution >= 4 is 17.7 Å². The van der Waals surface area contributed by atoms with E-state index in [0.717, 1.165) is 24.4 Å². The molecule has 0 saturated carbocycles. The number of nitrogens with zero attached hydrogens (tertiary/aromatic N) is 1. The number of benzene rings is 1. The third-order valence-corrected chi connectivity index (χ3v) is 4.77. The van der Waals surface area contributed by atoms with Crippen LogP contribution in [0.3, 0.4) is 0 Å². The summed E-state index contributed by atoms with van der Waals surface area (Å²) < 4.78 is 0.143. The molecule has 1 amide bonds. The number of thioether (sulfide) groups is 1. The van der Waals surface area contributed by atoms with Crippen LogP contribution in [0.5, 0.6) is 0 Å². The largest absolute Gasteiger partial charge is 0.340 e. The Morgan fingerprint density at radius 3 is 2.68 bits per heavy atom. The quantitative estimate of drug-likeness (QED) is 0.921. The van der Waals surface area contributed by atoms with Crippen molar-refractivity contribution in [3.05, 3.63) is 35.9 Å². The Kier molecular flexibility index (Phi) is 4.53. The van der Waals surface area contributed by atoms with Crippen molar-refractivity contribution in [3.8, 4) is 0 Å². The molecule has 1 aromatic rings. The summed E-state index contributed by atoms with van der Waals surface area (Å²) >= 11 is 1.93. The second kappa shape index (κ2) is 5.97. The molecule has 1 heterocycles. The van der Waals surface area contributed by atoms with Gasteiger partial charge in [0.05, 0.1) is 5.92 Å². The fourth-order valence-electron chi connectivity index (χ4n) is 2.49. The van der Waals surface area contributed by atoms with Gasteiger partial charge in [0.25, 0.3) is 0 Å². The molecule has 1 aliphatic rings. The molecule has 0 radical (unpaired) electrons. The zero-order chi connectivity index (χ0) is 13.9. The highest BCUT2D eigenvalue weighted by Crippen LogP contribution is 2.31. The summed E-state index contributed by atoms with van der Waals surface area (Å²) in [5.74, 6) is 0.965. The predicted octanol–water partition coefficient (Wildman–Crippen LogP) is 2.08. The third-order valence-electron chi connectivity index (χ3n) is 3.47. The van der Waals surface area contributed by atoms with E-state index in [0.29, 0.717) is 6.54 Å². The van der Waals surface area contributed by atoms with Crippen LogP contribution in [0.15, 0.2) is 30.3 Å². The molecule has 0 bridgehead atoms. The lowest BCUT2D eigenvalue weighted by atomic mass is 9.97. The first kappa shape index (κ1) is 14.4. The van der Waals surface area contributed by atoms with Gasteiger partial charge in [0.1, 0.15) is 0 Å². The van der Waals surface area contributed by atoms with Crippen molar-refractivity contribution < 1.29 is 4.79 Å². The molecule has 3 nitrogen and oxygen atoms in total.